The zero-order valence-electron chi connectivity index (χ0n) is 24.4. The first kappa shape index (κ1) is 29.3. The third-order valence-electron chi connectivity index (χ3n) is 8.03. The molecule has 0 spiro atoms. The summed E-state index contributed by atoms with van der Waals surface area (Å²) in [5.74, 6) is -0.0431. The van der Waals surface area contributed by atoms with E-state index in [0.717, 1.165) is 69.1 Å². The van der Waals surface area contributed by atoms with Crippen LogP contribution in [0.1, 0.15) is 36.8 Å². The highest BCUT2D eigenvalue weighted by atomic mass is 16.6. The quantitative estimate of drug-likeness (QED) is 0.196. The zero-order chi connectivity index (χ0) is 29.5. The van der Waals surface area contributed by atoms with Crippen LogP contribution in [0.2, 0.25) is 0 Å². The molecule has 1 fully saturated rings. The fourth-order valence-corrected chi connectivity index (χ4v) is 5.52. The lowest BCUT2D eigenvalue weighted by molar-refractivity contribution is -0.896. The Hall–Kier alpha value is -4.20. The van der Waals surface area contributed by atoms with Crippen molar-refractivity contribution in [2.75, 3.05) is 37.8 Å². The van der Waals surface area contributed by atoms with Crippen molar-refractivity contribution in [1.82, 2.24) is 0 Å². The second kappa shape index (κ2) is 13.2. The Bertz CT molecular complexity index is 1540. The van der Waals surface area contributed by atoms with E-state index in [-0.39, 0.29) is 18.6 Å². The number of likely N-dealkylation sites (tertiary alicyclic amines) is 1. The maximum atomic E-state index is 12.9. The van der Waals surface area contributed by atoms with E-state index in [2.05, 4.69) is 30.8 Å². The van der Waals surface area contributed by atoms with Crippen molar-refractivity contribution in [2.45, 2.75) is 44.8 Å². The lowest BCUT2D eigenvalue weighted by atomic mass is 9.99. The highest BCUT2D eigenvalue weighted by Gasteiger charge is 2.28. The molecule has 7 nitrogen and oxygen atoms in total. The molecule has 218 valence electrons. The summed E-state index contributed by atoms with van der Waals surface area (Å²) in [6, 6.07) is 27.6. The number of nitrogens with zero attached hydrogens (tertiary/aromatic N) is 1. The van der Waals surface area contributed by atoms with Gasteiger partial charge < -0.3 is 19.6 Å². The Morgan fingerprint density at radius 1 is 0.857 bits per heavy atom. The Labute approximate surface area is 247 Å². The van der Waals surface area contributed by atoms with Crippen LogP contribution in [-0.4, -0.2) is 54.9 Å². The van der Waals surface area contributed by atoms with Crippen LogP contribution in [-0.2, 0) is 22.6 Å². The summed E-state index contributed by atoms with van der Waals surface area (Å²) in [5.41, 5.74) is 5.30. The predicted molar refractivity (Wildman–Crippen MR) is 168 cm³/mol. The van der Waals surface area contributed by atoms with E-state index in [1.54, 1.807) is 0 Å². The van der Waals surface area contributed by atoms with E-state index >= 15 is 0 Å². The summed E-state index contributed by atoms with van der Waals surface area (Å²) in [6.07, 6.45) is 2.97. The number of fused-ring (bicyclic) bond motifs is 1. The van der Waals surface area contributed by atoms with Gasteiger partial charge in [-0.05, 0) is 64.6 Å². The van der Waals surface area contributed by atoms with Crippen LogP contribution >= 0.6 is 0 Å². The molecule has 2 amide bonds. The van der Waals surface area contributed by atoms with Crippen LogP contribution in [0.4, 0.5) is 16.2 Å². The predicted octanol–water partition coefficient (Wildman–Crippen LogP) is 6.75. The molecular weight excluding hydrogens is 526 g/mol. The molecule has 1 saturated heterocycles. The summed E-state index contributed by atoms with van der Waals surface area (Å²) in [7, 11) is 4.41. The average molecular weight is 567 g/mol. The first-order chi connectivity index (χ1) is 20.3. The van der Waals surface area contributed by atoms with E-state index in [1.165, 1.54) is 0 Å². The first-order valence-electron chi connectivity index (χ1n) is 14.7. The second-order valence-corrected chi connectivity index (χ2v) is 11.8. The van der Waals surface area contributed by atoms with Crippen LogP contribution in [0.15, 0.2) is 84.9 Å². The van der Waals surface area contributed by atoms with E-state index in [0.29, 0.717) is 24.9 Å². The molecule has 1 aliphatic heterocycles. The summed E-state index contributed by atoms with van der Waals surface area (Å²) < 4.78 is 6.76. The highest BCUT2D eigenvalue weighted by Crippen LogP contribution is 2.30. The molecule has 0 aliphatic carbocycles. The normalized spacial score (nSPS) is 14.8. The SMILES string of the molecule is C[N+]1(C)CCC(OC(=O)Nc2cc(CCCC(=O)Nc3ccc4cc(CO)ccc4c3)ccc2-c2ccccc2)CC1. The third kappa shape index (κ3) is 7.75. The number of piperidine rings is 1. The fourth-order valence-electron chi connectivity index (χ4n) is 5.52. The number of aliphatic hydroxyl groups is 1. The number of carbonyl (C=O) groups is 2. The summed E-state index contributed by atoms with van der Waals surface area (Å²) in [6.45, 7) is 1.98. The molecular formula is C35H40N3O4+. The van der Waals surface area contributed by atoms with Gasteiger partial charge in [-0.25, -0.2) is 4.79 Å². The molecule has 0 radical (unpaired) electrons. The van der Waals surface area contributed by atoms with Gasteiger partial charge in [0.05, 0.1) is 39.5 Å². The van der Waals surface area contributed by atoms with Crippen LogP contribution in [0.3, 0.4) is 0 Å². The van der Waals surface area contributed by atoms with Crippen molar-refractivity contribution in [3.8, 4) is 11.1 Å². The molecule has 1 aliphatic rings. The van der Waals surface area contributed by atoms with Crippen LogP contribution in [0.25, 0.3) is 21.9 Å². The molecule has 7 heteroatoms. The number of amides is 2. The minimum absolute atomic E-state index is 0.00358. The van der Waals surface area contributed by atoms with Crippen molar-refractivity contribution >= 4 is 34.1 Å². The number of rotatable bonds is 9. The largest absolute Gasteiger partial charge is 0.446 e. The Kier molecular flexibility index (Phi) is 9.20. The minimum atomic E-state index is -0.427. The van der Waals surface area contributed by atoms with Gasteiger partial charge in [0.2, 0.25) is 5.91 Å². The molecule has 0 bridgehead atoms. The van der Waals surface area contributed by atoms with Gasteiger partial charge in [0.25, 0.3) is 0 Å². The van der Waals surface area contributed by atoms with Crippen LogP contribution < -0.4 is 10.6 Å². The van der Waals surface area contributed by atoms with E-state index in [4.69, 9.17) is 4.74 Å². The topological polar surface area (TPSA) is 87.7 Å². The zero-order valence-corrected chi connectivity index (χ0v) is 24.4. The number of carbonyl (C=O) groups excluding carboxylic acids is 2. The van der Waals surface area contributed by atoms with Gasteiger partial charge in [-0.15, -0.1) is 0 Å². The molecule has 5 rings (SSSR count). The Balaban J connectivity index is 1.20. The van der Waals surface area contributed by atoms with Gasteiger partial charge in [-0.3, -0.25) is 10.1 Å². The summed E-state index contributed by atoms with van der Waals surface area (Å²) in [4.78, 5) is 25.6. The number of hydrogen-bond acceptors (Lipinski definition) is 4. The molecule has 0 unspecified atom stereocenters. The number of hydrogen-bond donors (Lipinski definition) is 3. The monoisotopic (exact) mass is 566 g/mol. The maximum absolute atomic E-state index is 12.9. The second-order valence-electron chi connectivity index (χ2n) is 11.8. The number of aliphatic hydroxyl groups excluding tert-OH is 1. The average Bonchev–Trinajstić information content (AvgIpc) is 2.98. The first-order valence-corrected chi connectivity index (χ1v) is 14.7. The van der Waals surface area contributed by atoms with Gasteiger partial charge in [-0.1, -0.05) is 60.7 Å². The smallest absolute Gasteiger partial charge is 0.411 e. The fraction of sp³-hybridized carbons (Fsp3) is 0.314. The summed E-state index contributed by atoms with van der Waals surface area (Å²) in [5, 5.41) is 17.4. The molecule has 0 saturated carbocycles. The molecule has 4 aromatic carbocycles. The van der Waals surface area contributed by atoms with Gasteiger partial charge in [0, 0.05) is 30.5 Å². The molecule has 0 atom stereocenters. The van der Waals surface area contributed by atoms with E-state index in [9.17, 15) is 14.7 Å². The minimum Gasteiger partial charge on any atom is -0.446 e. The number of nitrogens with one attached hydrogen (secondary N) is 2. The Morgan fingerprint density at radius 2 is 1.57 bits per heavy atom. The van der Waals surface area contributed by atoms with Gasteiger partial charge in [0.15, 0.2) is 0 Å². The van der Waals surface area contributed by atoms with E-state index in [1.807, 2.05) is 78.9 Å². The molecule has 0 aromatic heterocycles. The number of anilines is 2. The van der Waals surface area contributed by atoms with Crippen molar-refractivity contribution in [3.05, 3.63) is 96.1 Å². The lowest BCUT2D eigenvalue weighted by Gasteiger charge is -2.36. The highest BCUT2D eigenvalue weighted by molar-refractivity contribution is 5.95. The van der Waals surface area contributed by atoms with Crippen LogP contribution in [0, 0.1) is 0 Å². The van der Waals surface area contributed by atoms with Crippen LogP contribution in [0.5, 0.6) is 0 Å². The Morgan fingerprint density at radius 3 is 2.33 bits per heavy atom. The molecule has 42 heavy (non-hydrogen) atoms. The van der Waals surface area contributed by atoms with Crippen molar-refractivity contribution < 1.29 is 23.9 Å². The lowest BCUT2D eigenvalue weighted by Crippen LogP contribution is -2.48. The van der Waals surface area contributed by atoms with Gasteiger partial charge in [-0.2, -0.15) is 0 Å². The molecule has 4 aromatic rings. The summed E-state index contributed by atoms with van der Waals surface area (Å²) >= 11 is 0. The van der Waals surface area contributed by atoms with Crippen molar-refractivity contribution in [2.24, 2.45) is 0 Å². The number of quaternary nitrogens is 1. The van der Waals surface area contributed by atoms with E-state index < -0.39 is 6.09 Å². The van der Waals surface area contributed by atoms with Crippen molar-refractivity contribution in [1.29, 1.82) is 0 Å². The molecule has 1 heterocycles. The molecule has 3 N–H and O–H groups in total. The maximum Gasteiger partial charge on any atom is 0.411 e. The third-order valence-corrected chi connectivity index (χ3v) is 8.03. The number of aryl methyl sites for hydroxylation is 1. The number of benzene rings is 4. The van der Waals surface area contributed by atoms with Gasteiger partial charge >= 0.3 is 6.09 Å². The van der Waals surface area contributed by atoms with Gasteiger partial charge in [0.1, 0.15) is 6.10 Å². The van der Waals surface area contributed by atoms with Crippen molar-refractivity contribution in [3.63, 3.8) is 0 Å². The standard InChI is InChI=1S/C35H39N3O4/c1-38(2)19-17-31(18-20-38)42-35(41)37-33-22-25(12-16-32(33)27-8-4-3-5-9-27)7-6-10-34(40)36-30-15-14-28-21-26(24-39)11-13-29(28)23-30/h3-5,8-9,11-16,21-23,31,39H,6-7,10,17-20,24H2,1-2H3,(H-,36,37,40,41)/p+1. The number of ether oxygens (including phenoxy) is 1.